The van der Waals surface area contributed by atoms with Gasteiger partial charge in [-0.3, -0.25) is 14.5 Å². The zero-order valence-corrected chi connectivity index (χ0v) is 13.5. The summed E-state index contributed by atoms with van der Waals surface area (Å²) in [6.45, 7) is 1.38. The highest BCUT2D eigenvalue weighted by atomic mass is 32.2. The first-order valence-corrected chi connectivity index (χ1v) is 8.51. The zero-order valence-electron chi connectivity index (χ0n) is 12.7. The Balaban J connectivity index is 2.49. The fourth-order valence-electron chi connectivity index (χ4n) is 2.21. The third-order valence-corrected chi connectivity index (χ3v) is 5.12. The number of nitrogens with zero attached hydrogens (tertiary/aromatic N) is 1. The summed E-state index contributed by atoms with van der Waals surface area (Å²) >= 11 is 0. The summed E-state index contributed by atoms with van der Waals surface area (Å²) in [5, 5.41) is 8.87. The largest absolute Gasteiger partial charge is 0.481 e. The van der Waals surface area contributed by atoms with E-state index in [-0.39, 0.29) is 28.8 Å². The van der Waals surface area contributed by atoms with Gasteiger partial charge in [0.25, 0.3) is 5.91 Å². The van der Waals surface area contributed by atoms with Gasteiger partial charge in [0.15, 0.2) is 15.9 Å². The molecule has 1 unspecified atom stereocenters. The molecule has 0 spiro atoms. The van der Waals surface area contributed by atoms with Crippen LogP contribution in [0.3, 0.4) is 0 Å². The Bertz CT molecular complexity index is 729. The van der Waals surface area contributed by atoms with E-state index in [1.807, 2.05) is 0 Å². The van der Waals surface area contributed by atoms with Crippen LogP contribution in [0, 0.1) is 0 Å². The van der Waals surface area contributed by atoms with Crippen LogP contribution >= 0.6 is 0 Å². The van der Waals surface area contributed by atoms with Gasteiger partial charge in [0.2, 0.25) is 0 Å². The van der Waals surface area contributed by atoms with Gasteiger partial charge in [-0.2, -0.15) is 0 Å². The van der Waals surface area contributed by atoms with Crippen molar-refractivity contribution in [3.63, 3.8) is 0 Å². The van der Waals surface area contributed by atoms with E-state index in [4.69, 9.17) is 14.6 Å². The first-order valence-electron chi connectivity index (χ1n) is 6.85. The molecule has 0 aromatic heterocycles. The topological polar surface area (TPSA) is 110 Å². The number of carboxylic acids is 1. The van der Waals surface area contributed by atoms with Crippen LogP contribution in [0.1, 0.15) is 13.3 Å². The quantitative estimate of drug-likeness (QED) is 0.807. The number of carbonyl (C=O) groups excluding carboxylic acids is 1. The fraction of sp³-hybridized carbons (Fsp3) is 0.429. The molecule has 1 atom stereocenters. The summed E-state index contributed by atoms with van der Waals surface area (Å²) in [6.07, 6.45) is -1.67. The van der Waals surface area contributed by atoms with E-state index in [0.717, 1.165) is 0 Å². The summed E-state index contributed by atoms with van der Waals surface area (Å²) in [4.78, 5) is 24.4. The second-order valence-electron chi connectivity index (χ2n) is 4.92. The summed E-state index contributed by atoms with van der Waals surface area (Å²) in [7, 11) is -2.07. The van der Waals surface area contributed by atoms with Crippen LogP contribution < -0.4 is 9.64 Å². The van der Waals surface area contributed by atoms with Crippen LogP contribution in [0.4, 0.5) is 5.69 Å². The number of hydrogen-bond donors (Lipinski definition) is 1. The van der Waals surface area contributed by atoms with Gasteiger partial charge < -0.3 is 14.6 Å². The van der Waals surface area contributed by atoms with Crippen molar-refractivity contribution in [2.45, 2.75) is 24.3 Å². The van der Waals surface area contributed by atoms with E-state index < -0.39 is 34.2 Å². The van der Waals surface area contributed by atoms with Gasteiger partial charge >= 0.3 is 5.97 Å². The Morgan fingerprint density at radius 3 is 2.70 bits per heavy atom. The molecule has 0 bridgehead atoms. The molecule has 9 heteroatoms. The molecule has 2 rings (SSSR count). The summed E-state index contributed by atoms with van der Waals surface area (Å²) in [5.74, 6) is -1.60. The summed E-state index contributed by atoms with van der Waals surface area (Å²) in [6, 6.07) is 4.13. The van der Waals surface area contributed by atoms with Gasteiger partial charge in [0.05, 0.1) is 22.8 Å². The van der Waals surface area contributed by atoms with Crippen LogP contribution in [0.15, 0.2) is 23.1 Å². The summed E-state index contributed by atoms with van der Waals surface area (Å²) in [5.41, 5.74) is 0.244. The van der Waals surface area contributed by atoms with Gasteiger partial charge in [-0.15, -0.1) is 0 Å². The third-order valence-electron chi connectivity index (χ3n) is 3.39. The molecule has 0 fully saturated rings. The number of aliphatic carboxylic acids is 1. The van der Waals surface area contributed by atoms with Crippen LogP contribution in [0.2, 0.25) is 0 Å². The number of carbonyl (C=O) groups is 2. The van der Waals surface area contributed by atoms with Gasteiger partial charge in [-0.25, -0.2) is 8.42 Å². The third kappa shape index (κ3) is 3.45. The smallest absolute Gasteiger partial charge is 0.307 e. The predicted molar refractivity (Wildman–Crippen MR) is 80.2 cm³/mol. The molecule has 1 aliphatic heterocycles. The number of carboxylic acid groups (broad SMARTS) is 1. The number of ether oxygens (including phenoxy) is 2. The fourth-order valence-corrected chi connectivity index (χ4v) is 3.11. The van der Waals surface area contributed by atoms with Crippen LogP contribution in [-0.2, 0) is 24.2 Å². The Kier molecular flexibility index (Phi) is 4.90. The molecule has 23 heavy (non-hydrogen) atoms. The molecule has 1 aliphatic rings. The molecule has 1 aromatic carbocycles. The number of methoxy groups -OCH3 is 1. The maximum atomic E-state index is 12.4. The molecule has 0 saturated carbocycles. The van der Waals surface area contributed by atoms with Gasteiger partial charge in [-0.05, 0) is 18.2 Å². The number of benzene rings is 1. The monoisotopic (exact) mass is 343 g/mol. The molecule has 1 heterocycles. The molecule has 1 N–H and O–H groups in total. The van der Waals surface area contributed by atoms with E-state index in [1.165, 1.54) is 37.1 Å². The maximum absolute atomic E-state index is 12.4. The highest BCUT2D eigenvalue weighted by Crippen LogP contribution is 2.36. The van der Waals surface area contributed by atoms with E-state index in [0.29, 0.717) is 0 Å². The Morgan fingerprint density at radius 1 is 1.43 bits per heavy atom. The van der Waals surface area contributed by atoms with E-state index in [1.54, 1.807) is 0 Å². The minimum Gasteiger partial charge on any atom is -0.481 e. The second kappa shape index (κ2) is 6.55. The second-order valence-corrected chi connectivity index (χ2v) is 7.20. The van der Waals surface area contributed by atoms with Crippen molar-refractivity contribution in [2.75, 3.05) is 24.5 Å². The van der Waals surface area contributed by atoms with Crippen LogP contribution in [0.25, 0.3) is 0 Å². The Hall–Kier alpha value is -2.13. The SMILES string of the molecule is CCS(=O)(=O)c1ccc2c(c1)N(COC)C(=O)C(CC(=O)O)O2. The van der Waals surface area contributed by atoms with Crippen molar-refractivity contribution in [1.82, 2.24) is 0 Å². The molecule has 126 valence electrons. The molecule has 0 saturated heterocycles. The lowest BCUT2D eigenvalue weighted by Gasteiger charge is -2.33. The molecule has 0 radical (unpaired) electrons. The Morgan fingerprint density at radius 2 is 2.13 bits per heavy atom. The number of amides is 1. The lowest BCUT2D eigenvalue weighted by molar-refractivity contribution is -0.143. The molecular formula is C14H17NO7S. The predicted octanol–water partition coefficient (Wildman–Crippen LogP) is 0.653. The standard InChI is InChI=1S/C14H17NO7S/c1-3-23(19,20)9-4-5-11-10(6-9)15(8-21-2)14(18)12(22-11)7-13(16)17/h4-6,12H,3,7-8H2,1-2H3,(H,16,17). The number of sulfone groups is 1. The molecule has 0 aliphatic carbocycles. The molecule has 8 nitrogen and oxygen atoms in total. The minimum absolute atomic E-state index is 0.0629. The van der Waals surface area contributed by atoms with Crippen molar-refractivity contribution in [2.24, 2.45) is 0 Å². The normalized spacial score (nSPS) is 17.6. The number of hydrogen-bond acceptors (Lipinski definition) is 6. The van der Waals surface area contributed by atoms with E-state index in [9.17, 15) is 18.0 Å². The van der Waals surface area contributed by atoms with Gasteiger partial charge in [0, 0.05) is 7.11 Å². The average Bonchev–Trinajstić information content (AvgIpc) is 2.50. The highest BCUT2D eigenvalue weighted by molar-refractivity contribution is 7.91. The highest BCUT2D eigenvalue weighted by Gasteiger charge is 2.36. The number of rotatable bonds is 6. The first-order chi connectivity index (χ1) is 10.8. The lowest BCUT2D eigenvalue weighted by Crippen LogP contribution is -2.47. The van der Waals surface area contributed by atoms with Crippen LogP contribution in [-0.4, -0.2) is 51.1 Å². The van der Waals surface area contributed by atoms with Crippen molar-refractivity contribution in [1.29, 1.82) is 0 Å². The number of fused-ring (bicyclic) bond motifs is 1. The maximum Gasteiger partial charge on any atom is 0.307 e. The van der Waals surface area contributed by atoms with Crippen molar-refractivity contribution in [3.8, 4) is 5.75 Å². The van der Waals surface area contributed by atoms with E-state index in [2.05, 4.69) is 0 Å². The van der Waals surface area contributed by atoms with Crippen LogP contribution in [0.5, 0.6) is 5.75 Å². The van der Waals surface area contributed by atoms with Crippen molar-refractivity contribution >= 4 is 27.4 Å². The average molecular weight is 343 g/mol. The number of anilines is 1. The van der Waals surface area contributed by atoms with Gasteiger partial charge in [-0.1, -0.05) is 6.92 Å². The first kappa shape index (κ1) is 17.2. The molecule has 1 amide bonds. The lowest BCUT2D eigenvalue weighted by atomic mass is 10.1. The summed E-state index contributed by atoms with van der Waals surface area (Å²) < 4.78 is 34.4. The zero-order chi connectivity index (χ0) is 17.2. The minimum atomic E-state index is -3.45. The van der Waals surface area contributed by atoms with E-state index >= 15 is 0 Å². The Labute approximate surface area is 133 Å². The molecular weight excluding hydrogens is 326 g/mol. The van der Waals surface area contributed by atoms with Crippen molar-refractivity contribution < 1.29 is 32.6 Å². The van der Waals surface area contributed by atoms with Crippen molar-refractivity contribution in [3.05, 3.63) is 18.2 Å². The van der Waals surface area contributed by atoms with Gasteiger partial charge in [0.1, 0.15) is 12.5 Å². The molecule has 1 aromatic rings.